The fourth-order valence-electron chi connectivity index (χ4n) is 5.81. The highest BCUT2D eigenvalue weighted by molar-refractivity contribution is 5.77. The number of rotatable bonds is 4. The van der Waals surface area contributed by atoms with E-state index in [1.165, 1.54) is 0 Å². The third-order valence-corrected chi connectivity index (χ3v) is 7.88. The van der Waals surface area contributed by atoms with Crippen molar-refractivity contribution in [2.75, 3.05) is 19.6 Å². The number of hydrogen-bond acceptors (Lipinski definition) is 5. The average Bonchev–Trinajstić information content (AvgIpc) is 3.62. The number of nitrogens with zero attached hydrogens (tertiary/aromatic N) is 4. The quantitative estimate of drug-likeness (QED) is 0.335. The lowest BCUT2D eigenvalue weighted by molar-refractivity contribution is 0.0289. The smallest absolute Gasteiger partial charge is 0.410 e. The summed E-state index contributed by atoms with van der Waals surface area (Å²) in [7, 11) is 0. The fourth-order valence-corrected chi connectivity index (χ4v) is 5.81. The molecule has 2 aliphatic heterocycles. The molecule has 0 aliphatic carbocycles. The van der Waals surface area contributed by atoms with Crippen LogP contribution in [0.1, 0.15) is 43.5 Å². The van der Waals surface area contributed by atoms with E-state index in [1.54, 1.807) is 17.3 Å². The monoisotopic (exact) mass is 564 g/mol. The number of pyridine rings is 1. The van der Waals surface area contributed by atoms with E-state index < -0.39 is 5.60 Å². The Labute approximate surface area is 245 Å². The molecule has 9 heteroatoms. The van der Waals surface area contributed by atoms with Crippen LogP contribution in [-0.2, 0) is 17.7 Å². The molecule has 0 bridgehead atoms. The maximum atomic E-state index is 13.7. The molecule has 1 unspecified atom stereocenters. The first-order valence-corrected chi connectivity index (χ1v) is 14.4. The van der Waals surface area contributed by atoms with E-state index >= 15 is 0 Å². The number of aromatic amines is 1. The maximum absolute atomic E-state index is 13.7. The Kier molecular flexibility index (Phi) is 7.41. The highest BCUT2D eigenvalue weighted by Crippen LogP contribution is 2.33. The molecule has 0 radical (unpaired) electrons. The predicted molar refractivity (Wildman–Crippen MR) is 161 cm³/mol. The molecule has 0 spiro atoms. The Bertz CT molecular complexity index is 1560. The lowest BCUT2D eigenvalue weighted by Crippen LogP contribution is -2.49. The number of urea groups is 1. The molecule has 4 heterocycles. The van der Waals surface area contributed by atoms with Crippen LogP contribution in [0.3, 0.4) is 0 Å². The third-order valence-electron chi connectivity index (χ3n) is 7.88. The molecule has 6 rings (SSSR count). The summed E-state index contributed by atoms with van der Waals surface area (Å²) >= 11 is 0. The van der Waals surface area contributed by atoms with Gasteiger partial charge in [0, 0.05) is 61.2 Å². The number of benzene rings is 2. The van der Waals surface area contributed by atoms with Crippen molar-refractivity contribution in [2.24, 2.45) is 0 Å². The molecule has 2 atom stereocenters. The summed E-state index contributed by atoms with van der Waals surface area (Å²) in [5.41, 5.74) is 6.57. The summed E-state index contributed by atoms with van der Waals surface area (Å²) in [5.74, 6) is -0.0909. The Balaban J connectivity index is 1.23. The molecular formula is C33H36N6O3. The Morgan fingerprint density at radius 2 is 1.69 bits per heavy atom. The summed E-state index contributed by atoms with van der Waals surface area (Å²) in [6, 6.07) is 22.0. The van der Waals surface area contributed by atoms with Crippen LogP contribution in [0.25, 0.3) is 22.4 Å². The van der Waals surface area contributed by atoms with Gasteiger partial charge in [0.05, 0.1) is 18.3 Å². The Morgan fingerprint density at radius 3 is 2.45 bits per heavy atom. The molecule has 2 aromatic heterocycles. The summed E-state index contributed by atoms with van der Waals surface area (Å²) in [6.45, 7) is 7.44. The first kappa shape index (κ1) is 27.5. The number of likely N-dealkylation sites (tertiary alicyclic amines) is 1. The van der Waals surface area contributed by atoms with E-state index in [0.717, 1.165) is 39.2 Å². The van der Waals surface area contributed by atoms with Gasteiger partial charge in [0.15, 0.2) is 0 Å². The SMILES string of the molecule is CC(C)(C)OC(=O)N1CC(NC(=O)N2CCc3[nH]nc(-c4ccncc4)c3C2)[C@H](c2cccc(-c3ccccc3)c2)C1. The predicted octanol–water partition coefficient (Wildman–Crippen LogP) is 5.61. The van der Waals surface area contributed by atoms with Gasteiger partial charge in [-0.1, -0.05) is 54.6 Å². The van der Waals surface area contributed by atoms with Crippen molar-refractivity contribution >= 4 is 12.1 Å². The molecule has 216 valence electrons. The van der Waals surface area contributed by atoms with Crippen molar-refractivity contribution in [3.05, 3.63) is 95.9 Å². The zero-order valence-corrected chi connectivity index (χ0v) is 24.2. The number of H-pyrrole nitrogens is 1. The second-order valence-electron chi connectivity index (χ2n) is 12.0. The summed E-state index contributed by atoms with van der Waals surface area (Å²) in [5, 5.41) is 11.0. The second-order valence-corrected chi connectivity index (χ2v) is 12.0. The van der Waals surface area contributed by atoms with Gasteiger partial charge in [0.1, 0.15) is 5.60 Å². The number of carbonyl (C=O) groups is 2. The van der Waals surface area contributed by atoms with E-state index in [2.05, 4.69) is 50.8 Å². The van der Waals surface area contributed by atoms with Crippen molar-refractivity contribution in [1.82, 2.24) is 30.3 Å². The largest absolute Gasteiger partial charge is 0.444 e. The highest BCUT2D eigenvalue weighted by atomic mass is 16.6. The van der Waals surface area contributed by atoms with E-state index in [0.29, 0.717) is 32.6 Å². The first-order valence-electron chi connectivity index (χ1n) is 14.4. The molecule has 3 amide bonds. The maximum Gasteiger partial charge on any atom is 0.410 e. The minimum absolute atomic E-state index is 0.0909. The molecule has 2 aromatic carbocycles. The van der Waals surface area contributed by atoms with Crippen LogP contribution in [0.5, 0.6) is 0 Å². The van der Waals surface area contributed by atoms with Gasteiger partial charge in [0.25, 0.3) is 0 Å². The Morgan fingerprint density at radius 1 is 0.929 bits per heavy atom. The van der Waals surface area contributed by atoms with Crippen LogP contribution in [0, 0.1) is 0 Å². The lowest BCUT2D eigenvalue weighted by atomic mass is 9.91. The minimum atomic E-state index is -0.607. The van der Waals surface area contributed by atoms with Crippen LogP contribution in [-0.4, -0.2) is 68.4 Å². The molecule has 2 aliphatic rings. The molecule has 9 nitrogen and oxygen atoms in total. The van der Waals surface area contributed by atoms with Gasteiger partial charge in [-0.3, -0.25) is 10.1 Å². The number of nitrogens with one attached hydrogen (secondary N) is 2. The number of fused-ring (bicyclic) bond motifs is 1. The number of carbonyl (C=O) groups excluding carboxylic acids is 2. The first-order chi connectivity index (χ1) is 20.2. The van der Waals surface area contributed by atoms with Crippen LogP contribution in [0.4, 0.5) is 9.59 Å². The van der Waals surface area contributed by atoms with Gasteiger partial charge < -0.3 is 19.9 Å². The number of aromatic nitrogens is 3. The van der Waals surface area contributed by atoms with Crippen LogP contribution >= 0.6 is 0 Å². The number of amides is 3. The van der Waals surface area contributed by atoms with Crippen molar-refractivity contribution in [3.63, 3.8) is 0 Å². The van der Waals surface area contributed by atoms with Gasteiger partial charge in [-0.25, -0.2) is 9.59 Å². The zero-order valence-electron chi connectivity index (χ0n) is 24.2. The Hall–Kier alpha value is -4.66. The van der Waals surface area contributed by atoms with Crippen molar-refractivity contribution < 1.29 is 14.3 Å². The van der Waals surface area contributed by atoms with Gasteiger partial charge in [0.2, 0.25) is 0 Å². The van der Waals surface area contributed by atoms with Gasteiger partial charge >= 0.3 is 12.1 Å². The standard InChI is InChI=1S/C33H36N6O3/c1-33(2,3)42-32(41)39-19-26(25-11-7-10-24(18-25)22-8-5-4-6-9-22)29(21-39)35-31(40)38-17-14-28-27(20-38)30(37-36-28)23-12-15-34-16-13-23/h4-13,15-16,18,26,29H,14,17,19-21H2,1-3H3,(H,35,40)(H,36,37)/t26-,29?/m0/s1. The zero-order chi connectivity index (χ0) is 29.3. The number of ether oxygens (including phenoxy) is 1. The van der Waals surface area contributed by atoms with E-state index in [9.17, 15) is 9.59 Å². The van der Waals surface area contributed by atoms with Crippen molar-refractivity contribution in [3.8, 4) is 22.4 Å². The average molecular weight is 565 g/mol. The third kappa shape index (κ3) is 5.86. The molecule has 0 saturated carbocycles. The van der Waals surface area contributed by atoms with Crippen LogP contribution < -0.4 is 5.32 Å². The topological polar surface area (TPSA) is 103 Å². The van der Waals surface area contributed by atoms with Crippen LogP contribution in [0.15, 0.2) is 79.1 Å². The summed E-state index contributed by atoms with van der Waals surface area (Å²) in [6.07, 6.45) is 3.81. The molecular weight excluding hydrogens is 528 g/mol. The molecule has 4 aromatic rings. The molecule has 1 fully saturated rings. The molecule has 42 heavy (non-hydrogen) atoms. The lowest BCUT2D eigenvalue weighted by Gasteiger charge is -2.30. The fraction of sp³-hybridized carbons (Fsp3) is 0.333. The minimum Gasteiger partial charge on any atom is -0.444 e. The summed E-state index contributed by atoms with van der Waals surface area (Å²) in [4.78, 5) is 34.5. The van der Waals surface area contributed by atoms with E-state index in [-0.39, 0.29) is 24.1 Å². The van der Waals surface area contributed by atoms with Crippen molar-refractivity contribution in [2.45, 2.75) is 51.3 Å². The molecule has 1 saturated heterocycles. The van der Waals surface area contributed by atoms with Gasteiger partial charge in [-0.05, 0) is 49.6 Å². The van der Waals surface area contributed by atoms with E-state index in [4.69, 9.17) is 4.74 Å². The normalized spacial score (nSPS) is 18.5. The van der Waals surface area contributed by atoms with E-state index in [1.807, 2.05) is 62.1 Å². The van der Waals surface area contributed by atoms with Gasteiger partial charge in [-0.15, -0.1) is 0 Å². The second kappa shape index (κ2) is 11.3. The summed E-state index contributed by atoms with van der Waals surface area (Å²) < 4.78 is 5.70. The number of hydrogen-bond donors (Lipinski definition) is 2. The van der Waals surface area contributed by atoms with Crippen LogP contribution in [0.2, 0.25) is 0 Å². The highest BCUT2D eigenvalue weighted by Gasteiger charge is 2.40. The molecule has 2 N–H and O–H groups in total. The van der Waals surface area contributed by atoms with Crippen molar-refractivity contribution in [1.29, 1.82) is 0 Å². The van der Waals surface area contributed by atoms with Gasteiger partial charge in [-0.2, -0.15) is 5.10 Å².